The lowest BCUT2D eigenvalue weighted by Crippen LogP contribution is -1.79. The molecule has 48 valence electrons. The smallest absolute Gasteiger partial charge is 0.0504 e. The lowest BCUT2D eigenvalue weighted by Gasteiger charge is -1.91. The van der Waals surface area contributed by atoms with Crippen molar-refractivity contribution >= 4 is 9.47 Å². The summed E-state index contributed by atoms with van der Waals surface area (Å²) >= 11 is 0. The van der Waals surface area contributed by atoms with Crippen LogP contribution in [0.2, 0.25) is 0 Å². The molecule has 0 heterocycles. The van der Waals surface area contributed by atoms with E-state index in [-0.39, 0.29) is 0 Å². The van der Waals surface area contributed by atoms with Gasteiger partial charge in [0.15, 0.2) is 0 Å². The Bertz CT molecular complexity index is 61.5. The van der Waals surface area contributed by atoms with E-state index in [2.05, 4.69) is 21.6 Å². The van der Waals surface area contributed by atoms with Gasteiger partial charge in [-0.1, -0.05) is 12.2 Å². The number of hydrogen-bond donors (Lipinski definition) is 0. The molecule has 0 rings (SSSR count). The maximum Gasteiger partial charge on any atom is 0.0504 e. The normalized spacial score (nSPS) is 10.8. The van der Waals surface area contributed by atoms with Gasteiger partial charge in [-0.05, 0) is 19.8 Å². The Morgan fingerprint density at radius 1 is 1.62 bits per heavy atom. The second kappa shape index (κ2) is 7.13. The largest absolute Gasteiger partial charge is 0.366 e. The summed E-state index contributed by atoms with van der Waals surface area (Å²) in [6, 6.07) is 0. The number of unbranched alkanes of at least 4 members (excludes halogenated alkanes) is 1. The van der Waals surface area contributed by atoms with Crippen molar-refractivity contribution in [3.05, 3.63) is 12.2 Å². The van der Waals surface area contributed by atoms with Crippen LogP contribution >= 0.6 is 9.47 Å². The van der Waals surface area contributed by atoms with Crippen molar-refractivity contribution in [3.8, 4) is 0 Å². The molecule has 1 unspecified atom stereocenters. The van der Waals surface area contributed by atoms with Gasteiger partial charge in [-0.3, -0.25) is 0 Å². The molecule has 0 radical (unpaired) electrons. The lowest BCUT2D eigenvalue weighted by atomic mass is 10.3. The topological polar surface area (TPSA) is 9.23 Å². The molecule has 0 aromatic carbocycles. The minimum atomic E-state index is 0.842. The van der Waals surface area contributed by atoms with Gasteiger partial charge < -0.3 is 4.52 Å². The molecule has 2 heteroatoms. The first-order valence-corrected chi connectivity index (χ1v) is 3.31. The minimum absolute atomic E-state index is 0.842. The second-order valence-electron chi connectivity index (χ2n) is 1.58. The van der Waals surface area contributed by atoms with Crippen LogP contribution in [0.3, 0.4) is 0 Å². The fourth-order valence-corrected chi connectivity index (χ4v) is 0.618. The van der Waals surface area contributed by atoms with Gasteiger partial charge >= 0.3 is 0 Å². The highest BCUT2D eigenvalue weighted by Gasteiger charge is 1.78. The van der Waals surface area contributed by atoms with Crippen LogP contribution < -0.4 is 0 Å². The summed E-state index contributed by atoms with van der Waals surface area (Å²) in [6.07, 6.45) is 6.45. The number of hydrogen-bond acceptors (Lipinski definition) is 1. The molecule has 0 bridgehead atoms. The average Bonchev–Trinajstić information content (AvgIpc) is 1.81. The van der Waals surface area contributed by atoms with Gasteiger partial charge in [-0.15, -0.1) is 0 Å². The van der Waals surface area contributed by atoms with Crippen LogP contribution in [0.4, 0.5) is 0 Å². The van der Waals surface area contributed by atoms with Crippen molar-refractivity contribution in [1.29, 1.82) is 0 Å². The molecule has 0 N–H and O–H groups in total. The van der Waals surface area contributed by atoms with Crippen LogP contribution in [-0.4, -0.2) is 6.61 Å². The van der Waals surface area contributed by atoms with Crippen molar-refractivity contribution in [2.24, 2.45) is 0 Å². The van der Waals surface area contributed by atoms with Crippen LogP contribution in [0.15, 0.2) is 12.2 Å². The third-order valence-electron chi connectivity index (χ3n) is 0.869. The molecule has 0 amide bonds. The third-order valence-corrected chi connectivity index (χ3v) is 1.10. The monoisotopic (exact) mass is 132 g/mol. The Labute approximate surface area is 53.4 Å². The average molecular weight is 132 g/mol. The van der Waals surface area contributed by atoms with Gasteiger partial charge in [0.25, 0.3) is 0 Å². The molecule has 0 aliphatic carbocycles. The molecule has 0 fully saturated rings. The highest BCUT2D eigenvalue weighted by Crippen LogP contribution is 1.93. The Balaban J connectivity index is 2.72. The van der Waals surface area contributed by atoms with E-state index < -0.39 is 0 Å². The van der Waals surface area contributed by atoms with E-state index >= 15 is 0 Å². The maximum atomic E-state index is 4.77. The summed E-state index contributed by atoms with van der Waals surface area (Å²) in [5, 5.41) is 0. The summed E-state index contributed by atoms with van der Waals surface area (Å²) in [6.45, 7) is 2.87. The summed E-state index contributed by atoms with van der Waals surface area (Å²) in [5.41, 5.74) is 0. The molecular weight excluding hydrogens is 119 g/mol. The minimum Gasteiger partial charge on any atom is -0.366 e. The van der Waals surface area contributed by atoms with Crippen molar-refractivity contribution in [1.82, 2.24) is 0 Å². The first kappa shape index (κ1) is 8.13. The molecule has 0 aliphatic heterocycles. The zero-order valence-corrected chi connectivity index (χ0v) is 6.42. The Hall–Kier alpha value is 0.130. The molecule has 0 aliphatic rings. The SMILES string of the molecule is C/C=C/CCCOP. The summed E-state index contributed by atoms with van der Waals surface area (Å²) in [4.78, 5) is 0. The van der Waals surface area contributed by atoms with Crippen LogP contribution in [-0.2, 0) is 4.52 Å². The predicted octanol–water partition coefficient (Wildman–Crippen LogP) is 2.15. The van der Waals surface area contributed by atoms with Gasteiger partial charge in [0.2, 0.25) is 0 Å². The second-order valence-corrected chi connectivity index (χ2v) is 1.92. The summed E-state index contributed by atoms with van der Waals surface area (Å²) in [7, 11) is 2.24. The number of rotatable bonds is 4. The van der Waals surface area contributed by atoms with E-state index in [0.29, 0.717) is 0 Å². The zero-order valence-electron chi connectivity index (χ0n) is 5.26. The first-order valence-electron chi connectivity index (χ1n) is 2.84. The standard InChI is InChI=1S/C6H13OP/c1-2-3-4-5-6-7-8/h2-3H,4-6,8H2,1H3/b3-2+. The molecule has 0 aromatic heterocycles. The van der Waals surface area contributed by atoms with Gasteiger partial charge in [0.1, 0.15) is 0 Å². The van der Waals surface area contributed by atoms with E-state index in [1.54, 1.807) is 0 Å². The van der Waals surface area contributed by atoms with Crippen molar-refractivity contribution < 1.29 is 4.52 Å². The summed E-state index contributed by atoms with van der Waals surface area (Å²) < 4.78 is 4.77. The molecule has 8 heavy (non-hydrogen) atoms. The van der Waals surface area contributed by atoms with Crippen LogP contribution in [0.25, 0.3) is 0 Å². The maximum absolute atomic E-state index is 4.77. The predicted molar refractivity (Wildman–Crippen MR) is 39.7 cm³/mol. The van der Waals surface area contributed by atoms with Crippen molar-refractivity contribution in [3.63, 3.8) is 0 Å². The van der Waals surface area contributed by atoms with E-state index in [9.17, 15) is 0 Å². The van der Waals surface area contributed by atoms with Gasteiger partial charge in [-0.2, -0.15) is 0 Å². The van der Waals surface area contributed by atoms with E-state index in [1.165, 1.54) is 0 Å². The molecule has 0 aromatic rings. The molecule has 0 spiro atoms. The Kier molecular flexibility index (Phi) is 7.25. The first-order chi connectivity index (χ1) is 3.91. The van der Waals surface area contributed by atoms with E-state index in [1.807, 2.05) is 6.92 Å². The van der Waals surface area contributed by atoms with Gasteiger partial charge in [0.05, 0.1) is 6.61 Å². The fourth-order valence-electron chi connectivity index (χ4n) is 0.451. The Morgan fingerprint density at radius 3 is 2.88 bits per heavy atom. The Morgan fingerprint density at radius 2 is 2.38 bits per heavy atom. The highest BCUT2D eigenvalue weighted by molar-refractivity contribution is 7.09. The van der Waals surface area contributed by atoms with Gasteiger partial charge in [-0.25, -0.2) is 0 Å². The van der Waals surface area contributed by atoms with Crippen LogP contribution in [0.1, 0.15) is 19.8 Å². The van der Waals surface area contributed by atoms with Gasteiger partial charge in [0, 0.05) is 9.47 Å². The summed E-state index contributed by atoms with van der Waals surface area (Å²) in [5.74, 6) is 0. The molecule has 1 nitrogen and oxygen atoms in total. The highest BCUT2D eigenvalue weighted by atomic mass is 31.0. The van der Waals surface area contributed by atoms with E-state index in [4.69, 9.17) is 4.52 Å². The molecule has 1 atom stereocenters. The van der Waals surface area contributed by atoms with Crippen molar-refractivity contribution in [2.45, 2.75) is 19.8 Å². The zero-order chi connectivity index (χ0) is 6.24. The quantitative estimate of drug-likeness (QED) is 0.323. The van der Waals surface area contributed by atoms with Crippen LogP contribution in [0, 0.1) is 0 Å². The third kappa shape index (κ3) is 6.13. The number of allylic oxidation sites excluding steroid dienone is 2. The fraction of sp³-hybridized carbons (Fsp3) is 0.667. The molecule has 0 saturated carbocycles. The van der Waals surface area contributed by atoms with Crippen molar-refractivity contribution in [2.75, 3.05) is 6.61 Å². The molecule has 0 saturated heterocycles. The lowest BCUT2D eigenvalue weighted by molar-refractivity contribution is 0.364. The molecular formula is C6H13OP. The van der Waals surface area contributed by atoms with E-state index in [0.717, 1.165) is 19.4 Å². The van der Waals surface area contributed by atoms with Crippen LogP contribution in [0.5, 0.6) is 0 Å².